The van der Waals surface area contributed by atoms with E-state index in [1.165, 1.54) is 0 Å². The van der Waals surface area contributed by atoms with E-state index >= 15 is 0 Å². The molecule has 0 radical (unpaired) electrons. The van der Waals surface area contributed by atoms with Crippen LogP contribution in [0.25, 0.3) is 0 Å². The molecule has 2 rings (SSSR count). The first-order valence-corrected chi connectivity index (χ1v) is 5.32. The van der Waals surface area contributed by atoms with E-state index in [9.17, 15) is 9.59 Å². The normalized spacial score (nSPS) is 33.3. The molecule has 2 nitrogen and oxygen atoms in total. The van der Waals surface area contributed by atoms with Crippen LogP contribution in [-0.2, 0) is 9.59 Å². The number of carbonyl (C=O) groups excluding carboxylic acids is 2. The lowest BCUT2D eigenvalue weighted by Gasteiger charge is -2.39. The van der Waals surface area contributed by atoms with E-state index in [2.05, 4.69) is 6.92 Å². The molecular formula is C12H16O2. The van der Waals surface area contributed by atoms with E-state index < -0.39 is 0 Å². The minimum Gasteiger partial charge on any atom is -0.295 e. The zero-order valence-corrected chi connectivity index (χ0v) is 8.85. The summed E-state index contributed by atoms with van der Waals surface area (Å²) in [7, 11) is 0. The first-order valence-electron chi connectivity index (χ1n) is 5.32. The molecular weight excluding hydrogens is 176 g/mol. The van der Waals surface area contributed by atoms with Gasteiger partial charge in [-0.15, -0.1) is 0 Å². The van der Waals surface area contributed by atoms with Crippen LogP contribution in [0.5, 0.6) is 0 Å². The number of allylic oxidation sites excluding steroid dienone is 2. The van der Waals surface area contributed by atoms with Gasteiger partial charge in [-0.2, -0.15) is 0 Å². The molecule has 0 bridgehead atoms. The molecule has 2 aliphatic carbocycles. The summed E-state index contributed by atoms with van der Waals surface area (Å²) >= 11 is 0. The first kappa shape index (κ1) is 9.63. The average Bonchev–Trinajstić information content (AvgIpc) is 2.12. The van der Waals surface area contributed by atoms with Crippen molar-refractivity contribution < 1.29 is 9.59 Å². The van der Waals surface area contributed by atoms with Crippen LogP contribution >= 0.6 is 0 Å². The van der Waals surface area contributed by atoms with Crippen molar-refractivity contribution in [2.24, 2.45) is 5.41 Å². The summed E-state index contributed by atoms with van der Waals surface area (Å²) in [6, 6.07) is 0. The van der Waals surface area contributed by atoms with Crippen LogP contribution in [0.4, 0.5) is 0 Å². The number of ketones is 2. The summed E-state index contributed by atoms with van der Waals surface area (Å²) in [5.41, 5.74) is 1.59. The molecule has 76 valence electrons. The second kappa shape index (κ2) is 3.04. The highest BCUT2D eigenvalue weighted by Gasteiger charge is 2.41. The molecule has 1 atom stereocenters. The van der Waals surface area contributed by atoms with Crippen LogP contribution < -0.4 is 0 Å². The summed E-state index contributed by atoms with van der Waals surface area (Å²) in [4.78, 5) is 23.3. The molecule has 0 amide bonds. The number of fused-ring (bicyclic) bond motifs is 1. The fraction of sp³-hybridized carbons (Fsp3) is 0.667. The van der Waals surface area contributed by atoms with Crippen molar-refractivity contribution in [3.63, 3.8) is 0 Å². The van der Waals surface area contributed by atoms with Gasteiger partial charge in [0.05, 0.1) is 0 Å². The fourth-order valence-electron chi connectivity index (χ4n) is 2.85. The van der Waals surface area contributed by atoms with Crippen LogP contribution in [0.1, 0.15) is 46.0 Å². The molecule has 0 aromatic carbocycles. The van der Waals surface area contributed by atoms with Gasteiger partial charge in [-0.05, 0) is 37.2 Å². The minimum atomic E-state index is 0.00727. The first-order chi connectivity index (χ1) is 6.54. The van der Waals surface area contributed by atoms with Gasteiger partial charge in [-0.1, -0.05) is 6.92 Å². The summed E-state index contributed by atoms with van der Waals surface area (Å²) in [5.74, 6) is 0.386. The molecule has 1 fully saturated rings. The third-order valence-corrected chi connectivity index (χ3v) is 3.71. The summed E-state index contributed by atoms with van der Waals surface area (Å²) in [6.07, 6.45) is 4.18. The van der Waals surface area contributed by atoms with Crippen molar-refractivity contribution in [3.8, 4) is 0 Å². The van der Waals surface area contributed by atoms with Crippen molar-refractivity contribution in [2.75, 3.05) is 0 Å². The smallest absolute Gasteiger partial charge is 0.159 e. The topological polar surface area (TPSA) is 34.1 Å². The van der Waals surface area contributed by atoms with E-state index in [0.29, 0.717) is 12.8 Å². The van der Waals surface area contributed by atoms with Crippen LogP contribution in [-0.4, -0.2) is 11.6 Å². The molecule has 0 heterocycles. The monoisotopic (exact) mass is 192 g/mol. The van der Waals surface area contributed by atoms with Gasteiger partial charge in [0.15, 0.2) is 11.6 Å². The van der Waals surface area contributed by atoms with E-state index in [1.807, 2.05) is 6.92 Å². The molecule has 2 heteroatoms. The van der Waals surface area contributed by atoms with Gasteiger partial charge in [0.25, 0.3) is 0 Å². The van der Waals surface area contributed by atoms with Crippen molar-refractivity contribution >= 4 is 11.6 Å². The predicted octanol–water partition coefficient (Wildman–Crippen LogP) is 2.43. The third-order valence-electron chi connectivity index (χ3n) is 3.71. The Hall–Kier alpha value is -0.920. The zero-order valence-electron chi connectivity index (χ0n) is 8.85. The fourth-order valence-corrected chi connectivity index (χ4v) is 2.85. The quantitative estimate of drug-likeness (QED) is 0.590. The second-order valence-corrected chi connectivity index (χ2v) is 4.76. The number of hydrogen-bond acceptors (Lipinski definition) is 2. The highest BCUT2D eigenvalue weighted by molar-refractivity contribution is 6.08. The molecule has 0 spiro atoms. The number of Topliss-reactive ketones (excluding diaryl/α,β-unsaturated/α-hetero) is 2. The van der Waals surface area contributed by atoms with E-state index in [0.717, 1.165) is 30.4 Å². The molecule has 0 aromatic rings. The SMILES string of the molecule is CC1=C2C(=O)CCC[C@@]2(C)CCC1=O. The van der Waals surface area contributed by atoms with Crippen molar-refractivity contribution in [2.45, 2.75) is 46.0 Å². The van der Waals surface area contributed by atoms with Gasteiger partial charge in [0, 0.05) is 18.4 Å². The Labute approximate surface area is 84.4 Å². The maximum atomic E-state index is 11.8. The second-order valence-electron chi connectivity index (χ2n) is 4.76. The lowest BCUT2D eigenvalue weighted by atomic mass is 9.63. The van der Waals surface area contributed by atoms with Crippen LogP contribution in [0.15, 0.2) is 11.1 Å². The summed E-state index contributed by atoms with van der Waals surface area (Å²) < 4.78 is 0. The van der Waals surface area contributed by atoms with Crippen molar-refractivity contribution in [3.05, 3.63) is 11.1 Å². The Morgan fingerprint density at radius 3 is 2.50 bits per heavy atom. The number of hydrogen-bond donors (Lipinski definition) is 0. The Balaban J connectivity index is 2.52. The van der Waals surface area contributed by atoms with Crippen LogP contribution in [0, 0.1) is 5.41 Å². The Morgan fingerprint density at radius 2 is 1.79 bits per heavy atom. The van der Waals surface area contributed by atoms with Crippen LogP contribution in [0.3, 0.4) is 0 Å². The molecule has 0 aromatic heterocycles. The lowest BCUT2D eigenvalue weighted by Crippen LogP contribution is -2.35. The maximum Gasteiger partial charge on any atom is 0.159 e. The van der Waals surface area contributed by atoms with Gasteiger partial charge >= 0.3 is 0 Å². The largest absolute Gasteiger partial charge is 0.295 e. The Morgan fingerprint density at radius 1 is 1.07 bits per heavy atom. The Kier molecular flexibility index (Phi) is 2.09. The van der Waals surface area contributed by atoms with E-state index in [4.69, 9.17) is 0 Å². The predicted molar refractivity (Wildman–Crippen MR) is 53.9 cm³/mol. The number of rotatable bonds is 0. The Bertz CT molecular complexity index is 338. The van der Waals surface area contributed by atoms with Crippen molar-refractivity contribution in [1.29, 1.82) is 0 Å². The highest BCUT2D eigenvalue weighted by atomic mass is 16.1. The highest BCUT2D eigenvalue weighted by Crippen LogP contribution is 2.46. The standard InChI is InChI=1S/C12H16O2/c1-8-9(13)5-7-12(2)6-3-4-10(14)11(8)12/h3-7H2,1-2H3/t12-/m0/s1. The van der Waals surface area contributed by atoms with E-state index in [1.54, 1.807) is 0 Å². The van der Waals surface area contributed by atoms with Crippen LogP contribution in [0.2, 0.25) is 0 Å². The van der Waals surface area contributed by atoms with Gasteiger partial charge in [0.1, 0.15) is 0 Å². The molecule has 0 saturated heterocycles. The zero-order chi connectivity index (χ0) is 10.3. The van der Waals surface area contributed by atoms with E-state index in [-0.39, 0.29) is 17.0 Å². The molecule has 0 unspecified atom stereocenters. The summed E-state index contributed by atoms with van der Waals surface area (Å²) in [5, 5.41) is 0. The third kappa shape index (κ3) is 1.24. The molecule has 0 aliphatic heterocycles. The minimum absolute atomic E-state index is 0.00727. The average molecular weight is 192 g/mol. The van der Waals surface area contributed by atoms with Crippen molar-refractivity contribution in [1.82, 2.24) is 0 Å². The maximum absolute atomic E-state index is 11.8. The van der Waals surface area contributed by atoms with Gasteiger partial charge < -0.3 is 0 Å². The molecule has 0 N–H and O–H groups in total. The lowest BCUT2D eigenvalue weighted by molar-refractivity contribution is -0.122. The molecule has 2 aliphatic rings. The number of carbonyl (C=O) groups is 2. The van der Waals surface area contributed by atoms with Gasteiger partial charge in [0.2, 0.25) is 0 Å². The van der Waals surface area contributed by atoms with Gasteiger partial charge in [-0.25, -0.2) is 0 Å². The molecule has 14 heavy (non-hydrogen) atoms. The summed E-state index contributed by atoms with van der Waals surface area (Å²) in [6.45, 7) is 3.95. The van der Waals surface area contributed by atoms with Gasteiger partial charge in [-0.3, -0.25) is 9.59 Å². The molecule has 1 saturated carbocycles.